The topological polar surface area (TPSA) is 73.3 Å². The molecule has 4 nitrogen and oxygen atoms in total. The molecule has 3 N–H and O–H groups in total. The molecule has 5 heteroatoms. The molecule has 1 aliphatic rings. The quantitative estimate of drug-likeness (QED) is 0.640. The Kier molecular flexibility index (Phi) is 4.66. The van der Waals surface area contributed by atoms with Gasteiger partial charge in [-0.3, -0.25) is 9.78 Å². The molecule has 2 aromatic carbocycles. The Morgan fingerprint density at radius 3 is 2.67 bits per heavy atom. The van der Waals surface area contributed by atoms with Crippen molar-refractivity contribution in [3.05, 3.63) is 85.3 Å². The third kappa shape index (κ3) is 3.57. The van der Waals surface area contributed by atoms with Gasteiger partial charge in [-0.2, -0.15) is 0 Å². The van der Waals surface area contributed by atoms with Gasteiger partial charge in [-0.25, -0.2) is 0 Å². The summed E-state index contributed by atoms with van der Waals surface area (Å²) in [6.45, 7) is 2.16. The van der Waals surface area contributed by atoms with Crippen LogP contribution in [-0.4, -0.2) is 15.2 Å². The lowest BCUT2D eigenvalue weighted by Gasteiger charge is -2.40. The van der Waals surface area contributed by atoms with E-state index in [1.807, 2.05) is 30.3 Å². The van der Waals surface area contributed by atoms with Gasteiger partial charge in [0.1, 0.15) is 0 Å². The molecule has 0 saturated carbocycles. The predicted octanol–water partition coefficient (Wildman–Crippen LogP) is 3.96. The van der Waals surface area contributed by atoms with Crippen molar-refractivity contribution in [2.24, 2.45) is 5.41 Å². The first kappa shape index (κ1) is 18.0. The van der Waals surface area contributed by atoms with E-state index in [9.17, 15) is 15.0 Å². The average molecular weight is 381 g/mol. The maximum atomic E-state index is 11.4. The average Bonchev–Trinajstić information content (AvgIpc) is 2.96. The molecule has 0 fully saturated rings. The maximum Gasteiger partial charge on any atom is 0.307 e. The lowest BCUT2D eigenvalue weighted by molar-refractivity contribution is 0.0203. The molecule has 1 aromatic heterocycles. The smallest absolute Gasteiger partial charge is 0.307 e. The molecule has 1 aliphatic carbocycles. The number of aromatic hydroxyl groups is 1. The standard InChI is InChI=1S/C22H23NO3S/c1-22(13-14-5-3-2-4-6-14)10-9-16-11-15(7-8-17(16)19(22)24)12-18-20(25)23-21(26)27-18/h2-8,11,19,24-25H,9-10,12-13H2,1H3,(H,23,26). The van der Waals surface area contributed by atoms with Gasteiger partial charge in [-0.15, -0.1) is 0 Å². The monoisotopic (exact) mass is 381 g/mol. The van der Waals surface area contributed by atoms with E-state index in [2.05, 4.69) is 30.1 Å². The van der Waals surface area contributed by atoms with Crippen LogP contribution in [0.1, 0.15) is 46.6 Å². The number of hydrogen-bond donors (Lipinski definition) is 3. The summed E-state index contributed by atoms with van der Waals surface area (Å²) >= 11 is 1.04. The van der Waals surface area contributed by atoms with Crippen LogP contribution in [0.4, 0.5) is 0 Å². The highest BCUT2D eigenvalue weighted by Crippen LogP contribution is 2.46. The van der Waals surface area contributed by atoms with Crippen molar-refractivity contribution in [1.29, 1.82) is 0 Å². The first-order valence-electron chi connectivity index (χ1n) is 9.19. The Labute approximate surface area is 162 Å². The van der Waals surface area contributed by atoms with Crippen molar-refractivity contribution in [1.82, 2.24) is 4.98 Å². The van der Waals surface area contributed by atoms with E-state index in [0.29, 0.717) is 11.3 Å². The van der Waals surface area contributed by atoms with Crippen LogP contribution in [0.5, 0.6) is 5.88 Å². The minimum Gasteiger partial charge on any atom is -0.494 e. The third-order valence-corrected chi connectivity index (χ3v) is 6.52. The molecule has 3 aromatic rings. The van der Waals surface area contributed by atoms with Gasteiger partial charge in [0.15, 0.2) is 0 Å². The third-order valence-electron chi connectivity index (χ3n) is 5.64. The molecule has 4 rings (SSSR count). The molecule has 27 heavy (non-hydrogen) atoms. The van der Waals surface area contributed by atoms with E-state index in [0.717, 1.165) is 47.3 Å². The van der Waals surface area contributed by atoms with Gasteiger partial charge in [-0.05, 0) is 41.5 Å². The Hall–Kier alpha value is -2.37. The molecule has 0 bridgehead atoms. The molecule has 0 radical (unpaired) electrons. The first-order chi connectivity index (χ1) is 12.9. The van der Waals surface area contributed by atoms with Crippen LogP contribution in [0.3, 0.4) is 0 Å². The highest BCUT2D eigenvalue weighted by Gasteiger charge is 2.38. The summed E-state index contributed by atoms with van der Waals surface area (Å²) in [7, 11) is 0. The van der Waals surface area contributed by atoms with Gasteiger partial charge in [0.2, 0.25) is 5.88 Å². The van der Waals surface area contributed by atoms with Crippen molar-refractivity contribution in [3.8, 4) is 5.88 Å². The molecule has 2 unspecified atom stereocenters. The van der Waals surface area contributed by atoms with Crippen LogP contribution in [0.2, 0.25) is 0 Å². The van der Waals surface area contributed by atoms with E-state index in [4.69, 9.17) is 0 Å². The summed E-state index contributed by atoms with van der Waals surface area (Å²) in [6, 6.07) is 16.4. The van der Waals surface area contributed by atoms with Crippen molar-refractivity contribution in [2.75, 3.05) is 0 Å². The van der Waals surface area contributed by atoms with Crippen molar-refractivity contribution >= 4 is 11.3 Å². The molecule has 0 aliphatic heterocycles. The molecular formula is C22H23NO3S. The number of aliphatic hydroxyl groups is 1. The Balaban J connectivity index is 1.57. The van der Waals surface area contributed by atoms with Crippen LogP contribution in [0.15, 0.2) is 53.3 Å². The largest absolute Gasteiger partial charge is 0.494 e. The lowest BCUT2D eigenvalue weighted by atomic mass is 9.67. The Bertz CT molecular complexity index is 1010. The summed E-state index contributed by atoms with van der Waals surface area (Å²) in [5.41, 5.74) is 4.26. The summed E-state index contributed by atoms with van der Waals surface area (Å²) in [5, 5.41) is 20.9. The number of aryl methyl sites for hydroxylation is 1. The highest BCUT2D eigenvalue weighted by atomic mass is 32.1. The van der Waals surface area contributed by atoms with Crippen molar-refractivity contribution in [2.45, 2.75) is 38.7 Å². The van der Waals surface area contributed by atoms with Gasteiger partial charge >= 0.3 is 4.87 Å². The van der Waals surface area contributed by atoms with Gasteiger partial charge < -0.3 is 10.2 Å². The van der Waals surface area contributed by atoms with Crippen LogP contribution < -0.4 is 4.87 Å². The first-order valence-corrected chi connectivity index (χ1v) is 10.0. The number of fused-ring (bicyclic) bond motifs is 1. The van der Waals surface area contributed by atoms with E-state index < -0.39 is 6.10 Å². The molecular weight excluding hydrogens is 358 g/mol. The van der Waals surface area contributed by atoms with Crippen molar-refractivity contribution in [3.63, 3.8) is 0 Å². The van der Waals surface area contributed by atoms with Crippen LogP contribution in [-0.2, 0) is 19.3 Å². The molecule has 2 atom stereocenters. The lowest BCUT2D eigenvalue weighted by Crippen LogP contribution is -2.33. The second kappa shape index (κ2) is 6.98. The zero-order valence-corrected chi connectivity index (χ0v) is 16.1. The number of rotatable bonds is 4. The zero-order valence-electron chi connectivity index (χ0n) is 15.2. The molecule has 0 spiro atoms. The minimum atomic E-state index is -0.507. The Morgan fingerprint density at radius 1 is 1.19 bits per heavy atom. The fraction of sp³-hybridized carbons (Fsp3) is 0.318. The summed E-state index contributed by atoms with van der Waals surface area (Å²) in [5.74, 6) is -0.0433. The van der Waals surface area contributed by atoms with Gasteiger partial charge in [0.25, 0.3) is 0 Å². The number of aromatic amines is 1. The maximum absolute atomic E-state index is 11.4. The zero-order chi connectivity index (χ0) is 19.0. The SMILES string of the molecule is CC1(Cc2ccccc2)CCc2cc(Cc3sc(=O)[nH]c3O)ccc2C1O. The van der Waals surface area contributed by atoms with E-state index in [1.165, 1.54) is 5.56 Å². The highest BCUT2D eigenvalue weighted by molar-refractivity contribution is 7.09. The summed E-state index contributed by atoms with van der Waals surface area (Å²) < 4.78 is 0. The number of benzene rings is 2. The predicted molar refractivity (Wildman–Crippen MR) is 107 cm³/mol. The fourth-order valence-corrected chi connectivity index (χ4v) is 4.85. The number of nitrogens with one attached hydrogen (secondary N) is 1. The van der Waals surface area contributed by atoms with Gasteiger partial charge in [-0.1, -0.05) is 66.8 Å². The Morgan fingerprint density at radius 2 is 1.96 bits per heavy atom. The number of thiazole rings is 1. The number of aliphatic hydroxyl groups excluding tert-OH is 1. The summed E-state index contributed by atoms with van der Waals surface area (Å²) in [6.07, 6.45) is 2.69. The van der Waals surface area contributed by atoms with Crippen molar-refractivity contribution < 1.29 is 10.2 Å². The van der Waals surface area contributed by atoms with Crippen LogP contribution in [0, 0.1) is 5.41 Å². The molecule has 1 heterocycles. The number of H-pyrrole nitrogens is 1. The van der Waals surface area contributed by atoms with Crippen LogP contribution >= 0.6 is 11.3 Å². The van der Waals surface area contributed by atoms with E-state index >= 15 is 0 Å². The second-order valence-corrected chi connectivity index (χ2v) is 8.78. The van der Waals surface area contributed by atoms with Gasteiger partial charge in [0, 0.05) is 11.8 Å². The fourth-order valence-electron chi connectivity index (χ4n) is 4.09. The van der Waals surface area contributed by atoms with Gasteiger partial charge in [0.05, 0.1) is 11.0 Å². The summed E-state index contributed by atoms with van der Waals surface area (Å²) in [4.78, 5) is 14.2. The number of aromatic nitrogens is 1. The minimum absolute atomic E-state index is 0.0433. The molecule has 0 amide bonds. The normalized spacial score (nSPS) is 21.8. The second-order valence-electron chi connectivity index (χ2n) is 7.72. The van der Waals surface area contributed by atoms with E-state index in [-0.39, 0.29) is 16.2 Å². The van der Waals surface area contributed by atoms with E-state index in [1.54, 1.807) is 0 Å². The number of hydrogen-bond acceptors (Lipinski definition) is 4. The van der Waals surface area contributed by atoms with Crippen LogP contribution in [0.25, 0.3) is 0 Å². The molecule has 140 valence electrons. The molecule has 0 saturated heterocycles.